The largest absolute Gasteiger partial charge is 0.357 e. The van der Waals surface area contributed by atoms with Crippen LogP contribution in [0.25, 0.3) is 6.08 Å². The van der Waals surface area contributed by atoms with Crippen LogP contribution in [0.15, 0.2) is 78.5 Å². The Balaban J connectivity index is 1.02. The van der Waals surface area contributed by atoms with Gasteiger partial charge in [-0.15, -0.1) is 0 Å². The lowest BCUT2D eigenvalue weighted by Gasteiger charge is -2.32. The van der Waals surface area contributed by atoms with E-state index in [0.717, 1.165) is 60.8 Å². The number of Topliss-reactive ketones (excluding diaryl/α,β-unsaturated/α-hetero) is 1. The monoisotopic (exact) mass is 916 g/mol. The Morgan fingerprint density at radius 3 is 1.99 bits per heavy atom. The van der Waals surface area contributed by atoms with E-state index in [9.17, 15) is 14.0 Å². The fourth-order valence-corrected chi connectivity index (χ4v) is 13.0. The molecule has 4 aromatic rings. The van der Waals surface area contributed by atoms with Gasteiger partial charge in [0.2, 0.25) is 5.91 Å². The number of hydrogen-bond donors (Lipinski definition) is 1. The molecule has 0 radical (unpaired) electrons. The lowest BCUT2D eigenvalue weighted by atomic mass is 9.74. The third kappa shape index (κ3) is 9.55. The van der Waals surface area contributed by atoms with Crippen molar-refractivity contribution >= 4 is 23.5 Å². The maximum Gasteiger partial charge on any atom is 0.226 e. The van der Waals surface area contributed by atoms with E-state index in [1.807, 2.05) is 26.8 Å². The summed E-state index contributed by atoms with van der Waals surface area (Å²) in [4.78, 5) is 27.7. The van der Waals surface area contributed by atoms with Crippen LogP contribution in [0.1, 0.15) is 178 Å². The van der Waals surface area contributed by atoms with Gasteiger partial charge in [0.1, 0.15) is 34.9 Å². The summed E-state index contributed by atoms with van der Waals surface area (Å²) in [7, 11) is 0. The number of carbonyl (C=O) groups excluding carboxylic acids is 2. The molecule has 1 N–H and O–H groups in total. The van der Waals surface area contributed by atoms with E-state index >= 15 is 17.6 Å². The number of fused-ring (bicyclic) bond motifs is 1. The first-order valence-corrected chi connectivity index (χ1v) is 25.0. The Morgan fingerprint density at radius 2 is 1.34 bits per heavy atom. The molecular formula is C58H65F5N2O2. The molecule has 4 aliphatic carbocycles. The number of aryl methyl sites for hydroxylation is 1. The SMILES string of the molecule is C=C(Nc1cc(F)c([C@H]2CC[C@H](c3cc4c(cc3F)CC(C3CCCC3)=C4)C2c2cc(F)c(C3CCC(c4ccc(F)cc4)CC3)c(F)c2)cc1C)[C@@H]1CCCN1C(=O)[C@@H](CC(C)=O)C(C)C. The zero-order valence-electron chi connectivity index (χ0n) is 39.5. The maximum absolute atomic E-state index is 16.9. The van der Waals surface area contributed by atoms with Gasteiger partial charge in [0.15, 0.2) is 0 Å². The first-order chi connectivity index (χ1) is 32.1. The van der Waals surface area contributed by atoms with Crippen LogP contribution in [0.3, 0.4) is 0 Å². The average molecular weight is 917 g/mol. The molecule has 4 aromatic carbocycles. The van der Waals surface area contributed by atoms with Gasteiger partial charge in [-0.25, -0.2) is 22.0 Å². The van der Waals surface area contributed by atoms with E-state index in [2.05, 4.69) is 18.0 Å². The van der Waals surface area contributed by atoms with Crippen LogP contribution in [0.2, 0.25) is 0 Å². The molecule has 0 spiro atoms. The smallest absolute Gasteiger partial charge is 0.226 e. The zero-order chi connectivity index (χ0) is 47.3. The van der Waals surface area contributed by atoms with Gasteiger partial charge in [0, 0.05) is 35.8 Å². The number of nitrogens with zero attached hydrogens (tertiary/aromatic N) is 1. The number of hydrogen-bond acceptors (Lipinski definition) is 3. The van der Waals surface area contributed by atoms with Crippen molar-refractivity contribution in [1.29, 1.82) is 0 Å². The topological polar surface area (TPSA) is 49.4 Å². The Hall–Kier alpha value is -5.05. The number of nitrogens with one attached hydrogen (secondary N) is 1. The molecule has 9 heteroatoms. The van der Waals surface area contributed by atoms with Gasteiger partial charge in [-0.3, -0.25) is 4.79 Å². The summed E-state index contributed by atoms with van der Waals surface area (Å²) in [6, 6.07) is 15.9. The molecule has 4 fully saturated rings. The second-order valence-corrected chi connectivity index (χ2v) is 21.0. The predicted octanol–water partition coefficient (Wildman–Crippen LogP) is 14.9. The minimum absolute atomic E-state index is 0.0155. The normalized spacial score (nSPS) is 24.6. The average Bonchev–Trinajstić information content (AvgIpc) is 4.14. The van der Waals surface area contributed by atoms with Crippen LogP contribution in [0.5, 0.6) is 0 Å². The molecule has 1 saturated heterocycles. The van der Waals surface area contributed by atoms with Gasteiger partial charge in [-0.05, 0) is 207 Å². The lowest BCUT2D eigenvalue weighted by Crippen LogP contribution is -2.43. The van der Waals surface area contributed by atoms with Crippen LogP contribution >= 0.6 is 0 Å². The van der Waals surface area contributed by atoms with Gasteiger partial charge in [0.25, 0.3) is 0 Å². The highest BCUT2D eigenvalue weighted by Gasteiger charge is 2.43. The summed E-state index contributed by atoms with van der Waals surface area (Å²) in [6.45, 7) is 12.2. The van der Waals surface area contributed by atoms with Crippen molar-refractivity contribution in [2.45, 2.75) is 153 Å². The number of carbonyl (C=O) groups is 2. The zero-order valence-corrected chi connectivity index (χ0v) is 39.5. The van der Waals surface area contributed by atoms with E-state index in [1.165, 1.54) is 55.7 Å². The van der Waals surface area contributed by atoms with Crippen LogP contribution in [0, 0.1) is 53.8 Å². The Kier molecular flexibility index (Phi) is 13.7. The number of anilines is 1. The van der Waals surface area contributed by atoms with Crippen LogP contribution in [-0.4, -0.2) is 29.2 Å². The predicted molar refractivity (Wildman–Crippen MR) is 256 cm³/mol. The summed E-state index contributed by atoms with van der Waals surface area (Å²) in [5, 5.41) is 3.34. The van der Waals surface area contributed by atoms with Crippen LogP contribution < -0.4 is 5.32 Å². The Bertz CT molecular complexity index is 2550. The number of allylic oxidation sites excluding steroid dienone is 1. The van der Waals surface area contributed by atoms with Crippen molar-refractivity contribution in [3.05, 3.63) is 152 Å². The molecule has 5 aliphatic rings. The molecule has 1 heterocycles. The summed E-state index contributed by atoms with van der Waals surface area (Å²) in [5.41, 5.74) is 7.56. The number of halogens is 5. The Labute approximate surface area is 393 Å². The van der Waals surface area contributed by atoms with E-state index in [4.69, 9.17) is 0 Å². The highest BCUT2D eigenvalue weighted by atomic mass is 19.1. The molecule has 1 aliphatic heterocycles. The van der Waals surface area contributed by atoms with Crippen molar-refractivity contribution in [3.63, 3.8) is 0 Å². The van der Waals surface area contributed by atoms with Crippen molar-refractivity contribution in [2.24, 2.45) is 17.8 Å². The van der Waals surface area contributed by atoms with Gasteiger partial charge in [-0.1, -0.05) is 63.1 Å². The minimum Gasteiger partial charge on any atom is -0.357 e. The summed E-state index contributed by atoms with van der Waals surface area (Å²) >= 11 is 0. The number of benzene rings is 4. The summed E-state index contributed by atoms with van der Waals surface area (Å²) in [6.07, 6.45) is 12.9. The first-order valence-electron chi connectivity index (χ1n) is 25.0. The number of amides is 1. The molecule has 0 aromatic heterocycles. The number of rotatable bonds is 13. The van der Waals surface area contributed by atoms with Crippen LogP contribution in [-0.2, 0) is 16.0 Å². The van der Waals surface area contributed by atoms with E-state index in [1.54, 1.807) is 29.2 Å². The molecule has 0 bridgehead atoms. The fourth-order valence-electron chi connectivity index (χ4n) is 13.0. The number of ketones is 1. The standard InChI is InChI=1S/C58H65F5N2O2/c1-32(2)47(24-34(4)66)58(67)65-22-8-11-55(65)35(5)64-54-31-51(61)48(23-33(54)3)45-20-21-46(49-27-41-25-40(36-9-6-7-10-36)26-42(41)28-50(49)60)56(45)43-29-52(62)57(53(63)30-43)39-14-12-37(13-15-39)38-16-18-44(59)19-17-38/h16-19,23,25,27-32,36-37,39,45-47,55-56,64H,5-15,20-22,24,26H2,1-4H3/t37?,39?,45-,46-,47+,55+,56?/m1/s1. The van der Waals surface area contributed by atoms with Crippen LogP contribution in [0.4, 0.5) is 27.6 Å². The second-order valence-electron chi connectivity index (χ2n) is 21.0. The third-order valence-electron chi connectivity index (χ3n) is 16.5. The van der Waals surface area contributed by atoms with Gasteiger partial charge in [0.05, 0.1) is 6.04 Å². The van der Waals surface area contributed by atoms with Crippen molar-refractivity contribution in [2.75, 3.05) is 11.9 Å². The quantitative estimate of drug-likeness (QED) is 0.136. The molecule has 67 heavy (non-hydrogen) atoms. The molecule has 3 saturated carbocycles. The van der Waals surface area contributed by atoms with Gasteiger partial charge >= 0.3 is 0 Å². The van der Waals surface area contributed by atoms with Crippen molar-refractivity contribution in [1.82, 2.24) is 4.90 Å². The lowest BCUT2D eigenvalue weighted by molar-refractivity contribution is -0.139. The number of likely N-dealkylation sites (tertiary alicyclic amines) is 1. The minimum atomic E-state index is -0.627. The Morgan fingerprint density at radius 1 is 0.716 bits per heavy atom. The summed E-state index contributed by atoms with van der Waals surface area (Å²) in [5.74, 6) is -4.13. The second kappa shape index (κ2) is 19.5. The van der Waals surface area contributed by atoms with Gasteiger partial charge < -0.3 is 15.0 Å². The molecule has 354 valence electrons. The van der Waals surface area contributed by atoms with Crippen molar-refractivity contribution in [3.8, 4) is 0 Å². The van der Waals surface area contributed by atoms with E-state index < -0.39 is 41.1 Å². The first kappa shape index (κ1) is 47.0. The molecule has 5 atom stereocenters. The molecule has 4 nitrogen and oxygen atoms in total. The molecule has 9 rings (SSSR count). The third-order valence-corrected chi connectivity index (χ3v) is 16.5. The molecular weight excluding hydrogens is 852 g/mol. The van der Waals surface area contributed by atoms with E-state index in [-0.39, 0.29) is 59.1 Å². The summed E-state index contributed by atoms with van der Waals surface area (Å²) < 4.78 is 80.6. The highest BCUT2D eigenvalue weighted by molar-refractivity contribution is 5.86. The van der Waals surface area contributed by atoms with Gasteiger partial charge in [-0.2, -0.15) is 0 Å². The van der Waals surface area contributed by atoms with E-state index in [0.29, 0.717) is 72.6 Å². The maximum atomic E-state index is 16.9. The van der Waals surface area contributed by atoms with Crippen molar-refractivity contribution < 1.29 is 31.5 Å². The molecule has 1 amide bonds. The molecule has 1 unspecified atom stereocenters. The fraction of sp³-hybridized carbons (Fsp3) is 0.483. The highest BCUT2D eigenvalue weighted by Crippen LogP contribution is 2.56.